The van der Waals surface area contributed by atoms with E-state index in [9.17, 15) is 4.39 Å². The third-order valence-corrected chi connectivity index (χ3v) is 3.30. The van der Waals surface area contributed by atoms with E-state index in [1.54, 1.807) is 24.4 Å². The number of hydrogen-bond acceptors (Lipinski definition) is 3. The molecule has 0 spiro atoms. The first kappa shape index (κ1) is 13.1. The predicted molar refractivity (Wildman–Crippen MR) is 74.8 cm³/mol. The topological polar surface area (TPSA) is 34.1 Å². The molecule has 0 atom stereocenters. The van der Waals surface area contributed by atoms with Gasteiger partial charge in [0.15, 0.2) is 0 Å². The fourth-order valence-corrected chi connectivity index (χ4v) is 1.92. The van der Waals surface area contributed by atoms with Crippen molar-refractivity contribution in [3.8, 4) is 5.88 Å². The van der Waals surface area contributed by atoms with E-state index in [0.717, 1.165) is 12.1 Å². The van der Waals surface area contributed by atoms with Gasteiger partial charge in [0.2, 0.25) is 5.88 Å². The lowest BCUT2D eigenvalue weighted by Crippen LogP contribution is -2.15. The van der Waals surface area contributed by atoms with Gasteiger partial charge in [-0.2, -0.15) is 0 Å². The third kappa shape index (κ3) is 3.54. The van der Waals surface area contributed by atoms with Gasteiger partial charge in [0.1, 0.15) is 12.4 Å². The second-order valence-electron chi connectivity index (χ2n) is 5.04. The van der Waals surface area contributed by atoms with Gasteiger partial charge in [-0.3, -0.25) is 0 Å². The molecule has 1 aliphatic carbocycles. The van der Waals surface area contributed by atoms with Crippen LogP contribution < -0.4 is 10.1 Å². The number of aromatic nitrogens is 1. The van der Waals surface area contributed by atoms with Crippen LogP contribution >= 0.6 is 0 Å². The lowest BCUT2D eigenvalue weighted by atomic mass is 10.2. The Bertz CT molecular complexity index is 567. The molecule has 104 valence electrons. The Morgan fingerprint density at radius 2 is 2.05 bits per heavy atom. The van der Waals surface area contributed by atoms with Crippen LogP contribution in [-0.4, -0.2) is 11.0 Å². The van der Waals surface area contributed by atoms with Gasteiger partial charge in [0.25, 0.3) is 0 Å². The van der Waals surface area contributed by atoms with Crippen molar-refractivity contribution in [1.82, 2.24) is 10.3 Å². The summed E-state index contributed by atoms with van der Waals surface area (Å²) in [7, 11) is 0. The molecule has 1 aromatic carbocycles. The van der Waals surface area contributed by atoms with E-state index in [4.69, 9.17) is 4.74 Å². The molecule has 0 amide bonds. The summed E-state index contributed by atoms with van der Waals surface area (Å²) in [6, 6.07) is 11.1. The molecule has 0 saturated heterocycles. The average Bonchev–Trinajstić information content (AvgIpc) is 3.30. The first-order chi connectivity index (χ1) is 9.81. The molecule has 1 heterocycles. The molecule has 3 rings (SSSR count). The Labute approximate surface area is 117 Å². The molecule has 4 heteroatoms. The summed E-state index contributed by atoms with van der Waals surface area (Å²) in [6.07, 6.45) is 4.35. The zero-order valence-electron chi connectivity index (χ0n) is 11.2. The Balaban J connectivity index is 1.53. The van der Waals surface area contributed by atoms with Gasteiger partial charge in [0, 0.05) is 30.4 Å². The van der Waals surface area contributed by atoms with E-state index in [1.807, 2.05) is 12.1 Å². The Kier molecular flexibility index (Phi) is 3.92. The van der Waals surface area contributed by atoms with Crippen molar-refractivity contribution in [3.05, 3.63) is 59.5 Å². The molecule has 0 radical (unpaired) electrons. The van der Waals surface area contributed by atoms with Crippen LogP contribution in [-0.2, 0) is 13.2 Å². The van der Waals surface area contributed by atoms with Crippen molar-refractivity contribution in [2.45, 2.75) is 32.0 Å². The molecule has 0 unspecified atom stereocenters. The number of hydrogen-bond donors (Lipinski definition) is 1. The summed E-state index contributed by atoms with van der Waals surface area (Å²) < 4.78 is 18.9. The monoisotopic (exact) mass is 272 g/mol. The highest BCUT2D eigenvalue weighted by Gasteiger charge is 2.19. The Morgan fingerprint density at radius 1 is 1.20 bits per heavy atom. The number of halogens is 1. The summed E-state index contributed by atoms with van der Waals surface area (Å²) in [6.45, 7) is 1.03. The minimum absolute atomic E-state index is 0.194. The van der Waals surface area contributed by atoms with Gasteiger partial charge < -0.3 is 10.1 Å². The van der Waals surface area contributed by atoms with Gasteiger partial charge in [-0.25, -0.2) is 9.37 Å². The minimum atomic E-state index is -0.252. The molecule has 1 saturated carbocycles. The van der Waals surface area contributed by atoms with Crippen molar-refractivity contribution >= 4 is 0 Å². The SMILES string of the molecule is Fc1ccccc1COc1ccc(CNC2CC2)cn1. The second-order valence-corrected chi connectivity index (χ2v) is 5.04. The molecule has 1 aromatic heterocycles. The van der Waals surface area contributed by atoms with E-state index in [-0.39, 0.29) is 12.4 Å². The smallest absolute Gasteiger partial charge is 0.213 e. The Morgan fingerprint density at radius 3 is 2.75 bits per heavy atom. The highest BCUT2D eigenvalue weighted by atomic mass is 19.1. The van der Waals surface area contributed by atoms with E-state index < -0.39 is 0 Å². The molecule has 1 N–H and O–H groups in total. The lowest BCUT2D eigenvalue weighted by Gasteiger charge is -2.07. The first-order valence-electron chi connectivity index (χ1n) is 6.86. The van der Waals surface area contributed by atoms with Crippen molar-refractivity contribution < 1.29 is 9.13 Å². The number of nitrogens with one attached hydrogen (secondary N) is 1. The number of ether oxygens (including phenoxy) is 1. The number of rotatable bonds is 6. The van der Waals surface area contributed by atoms with Crippen molar-refractivity contribution in [1.29, 1.82) is 0 Å². The van der Waals surface area contributed by atoms with Crippen LogP contribution in [0.2, 0.25) is 0 Å². The van der Waals surface area contributed by atoms with Gasteiger partial charge >= 0.3 is 0 Å². The normalized spacial score (nSPS) is 14.2. The maximum atomic E-state index is 13.4. The second kappa shape index (κ2) is 6.01. The zero-order chi connectivity index (χ0) is 13.8. The van der Waals surface area contributed by atoms with Crippen molar-refractivity contribution in [3.63, 3.8) is 0 Å². The van der Waals surface area contributed by atoms with Crippen LogP contribution in [0.25, 0.3) is 0 Å². The molecule has 0 bridgehead atoms. The zero-order valence-corrected chi connectivity index (χ0v) is 11.2. The highest BCUT2D eigenvalue weighted by Crippen LogP contribution is 2.19. The molecule has 3 nitrogen and oxygen atoms in total. The lowest BCUT2D eigenvalue weighted by molar-refractivity contribution is 0.288. The van der Waals surface area contributed by atoms with Crippen LogP contribution in [0, 0.1) is 5.82 Å². The summed E-state index contributed by atoms with van der Waals surface area (Å²) >= 11 is 0. The fraction of sp³-hybridized carbons (Fsp3) is 0.312. The van der Waals surface area contributed by atoms with Crippen LogP contribution in [0.1, 0.15) is 24.0 Å². The summed E-state index contributed by atoms with van der Waals surface area (Å²) in [5, 5.41) is 3.43. The molecule has 2 aromatic rings. The van der Waals surface area contributed by atoms with Crippen molar-refractivity contribution in [2.75, 3.05) is 0 Å². The molecular formula is C16H17FN2O. The van der Waals surface area contributed by atoms with Crippen molar-refractivity contribution in [2.24, 2.45) is 0 Å². The maximum absolute atomic E-state index is 13.4. The van der Waals surface area contributed by atoms with Crippen LogP contribution in [0.3, 0.4) is 0 Å². The van der Waals surface area contributed by atoms with Gasteiger partial charge in [0.05, 0.1) is 0 Å². The highest BCUT2D eigenvalue weighted by molar-refractivity contribution is 5.20. The standard InChI is InChI=1S/C16H17FN2O/c17-15-4-2-1-3-13(15)11-20-16-8-5-12(10-19-16)9-18-14-6-7-14/h1-5,8,10,14,18H,6-7,9,11H2. The predicted octanol–water partition coefficient (Wildman–Crippen LogP) is 3.05. The third-order valence-electron chi connectivity index (χ3n) is 3.30. The van der Waals surface area contributed by atoms with Gasteiger partial charge in [-0.05, 0) is 24.5 Å². The van der Waals surface area contributed by atoms with E-state index in [0.29, 0.717) is 17.5 Å². The number of benzene rings is 1. The quantitative estimate of drug-likeness (QED) is 0.877. The average molecular weight is 272 g/mol. The molecule has 0 aliphatic heterocycles. The van der Waals surface area contributed by atoms with Crippen LogP contribution in [0.15, 0.2) is 42.6 Å². The summed E-state index contributed by atoms with van der Waals surface area (Å²) in [5.74, 6) is 0.265. The molecular weight excluding hydrogens is 255 g/mol. The summed E-state index contributed by atoms with van der Waals surface area (Å²) in [4.78, 5) is 4.24. The molecule has 1 aliphatic rings. The van der Waals surface area contributed by atoms with E-state index >= 15 is 0 Å². The van der Waals surface area contributed by atoms with E-state index in [2.05, 4.69) is 10.3 Å². The minimum Gasteiger partial charge on any atom is -0.473 e. The molecule has 1 fully saturated rings. The largest absolute Gasteiger partial charge is 0.473 e. The fourth-order valence-electron chi connectivity index (χ4n) is 1.92. The first-order valence-corrected chi connectivity index (χ1v) is 6.86. The summed E-state index contributed by atoms with van der Waals surface area (Å²) in [5.41, 5.74) is 1.67. The number of nitrogens with zero attached hydrogens (tertiary/aromatic N) is 1. The van der Waals surface area contributed by atoms with E-state index in [1.165, 1.54) is 18.9 Å². The maximum Gasteiger partial charge on any atom is 0.213 e. The van der Waals surface area contributed by atoms with Gasteiger partial charge in [-0.15, -0.1) is 0 Å². The van der Waals surface area contributed by atoms with Crippen LogP contribution in [0.5, 0.6) is 5.88 Å². The molecule has 20 heavy (non-hydrogen) atoms. The number of pyridine rings is 1. The van der Waals surface area contributed by atoms with Gasteiger partial charge in [-0.1, -0.05) is 24.3 Å². The Hall–Kier alpha value is -1.94. The van der Waals surface area contributed by atoms with Crippen LogP contribution in [0.4, 0.5) is 4.39 Å².